The quantitative estimate of drug-likeness (QED) is 0.414. The summed E-state index contributed by atoms with van der Waals surface area (Å²) in [6.45, 7) is 10.1. The van der Waals surface area contributed by atoms with Crippen LogP contribution < -0.4 is 15.4 Å². The summed E-state index contributed by atoms with van der Waals surface area (Å²) in [6.07, 6.45) is 1.76. The van der Waals surface area contributed by atoms with Gasteiger partial charge in [0.1, 0.15) is 23.2 Å². The molecule has 0 radical (unpaired) electrons. The van der Waals surface area contributed by atoms with Crippen LogP contribution >= 0.6 is 0 Å². The van der Waals surface area contributed by atoms with Crippen LogP contribution in [0.2, 0.25) is 0 Å². The molecular formula is C25H33N7O4. The molecule has 1 saturated heterocycles. The molecule has 2 aromatic heterocycles. The molecule has 192 valence electrons. The molecule has 0 atom stereocenters. The molecule has 0 spiro atoms. The van der Waals surface area contributed by atoms with Crippen molar-refractivity contribution in [1.29, 1.82) is 0 Å². The minimum Gasteiger partial charge on any atom is -0.491 e. The predicted molar refractivity (Wildman–Crippen MR) is 136 cm³/mol. The van der Waals surface area contributed by atoms with Crippen LogP contribution in [0.5, 0.6) is 5.75 Å². The zero-order valence-corrected chi connectivity index (χ0v) is 21.0. The van der Waals surface area contributed by atoms with Gasteiger partial charge in [0.15, 0.2) is 0 Å². The molecule has 2 amide bonds. The van der Waals surface area contributed by atoms with Crippen LogP contribution in [0.3, 0.4) is 0 Å². The number of hydrogen-bond acceptors (Lipinski definition) is 7. The molecule has 36 heavy (non-hydrogen) atoms. The molecule has 1 fully saturated rings. The molecule has 11 heteroatoms. The average molecular weight is 496 g/mol. The van der Waals surface area contributed by atoms with Crippen molar-refractivity contribution in [3.63, 3.8) is 0 Å². The summed E-state index contributed by atoms with van der Waals surface area (Å²) in [5, 5.41) is 10.5. The maximum atomic E-state index is 13.1. The van der Waals surface area contributed by atoms with Crippen LogP contribution in [0.25, 0.3) is 11.0 Å². The second-order valence-corrected chi connectivity index (χ2v) is 8.76. The molecule has 3 aromatic rings. The van der Waals surface area contributed by atoms with Gasteiger partial charge in [-0.2, -0.15) is 5.10 Å². The summed E-state index contributed by atoms with van der Waals surface area (Å²) in [5.74, 6) is 0.545. The lowest BCUT2D eigenvalue weighted by Gasteiger charge is -2.27. The van der Waals surface area contributed by atoms with Crippen LogP contribution in [-0.4, -0.2) is 75.1 Å². The number of aryl methyl sites for hydroxylation is 3. The maximum Gasteiger partial charge on any atom is 0.276 e. The van der Waals surface area contributed by atoms with Crippen molar-refractivity contribution < 1.29 is 19.1 Å². The zero-order chi connectivity index (χ0) is 25.7. The molecule has 1 aliphatic heterocycles. The van der Waals surface area contributed by atoms with Crippen molar-refractivity contribution in [2.75, 3.05) is 38.1 Å². The van der Waals surface area contributed by atoms with Gasteiger partial charge in [-0.15, -0.1) is 0 Å². The summed E-state index contributed by atoms with van der Waals surface area (Å²) in [5.41, 5.74) is 2.82. The van der Waals surface area contributed by atoms with Gasteiger partial charge in [0.25, 0.3) is 5.91 Å². The second kappa shape index (κ2) is 11.3. The van der Waals surface area contributed by atoms with Crippen molar-refractivity contribution in [1.82, 2.24) is 29.5 Å². The molecule has 0 saturated carbocycles. The van der Waals surface area contributed by atoms with Gasteiger partial charge in [-0.3, -0.25) is 24.4 Å². The van der Waals surface area contributed by atoms with Gasteiger partial charge < -0.3 is 19.5 Å². The number of aldehydes is 1. The van der Waals surface area contributed by atoms with Crippen LogP contribution in [0.1, 0.15) is 53.2 Å². The monoisotopic (exact) mass is 495 g/mol. The van der Waals surface area contributed by atoms with E-state index in [2.05, 4.69) is 20.7 Å². The van der Waals surface area contributed by atoms with Gasteiger partial charge >= 0.3 is 0 Å². The van der Waals surface area contributed by atoms with E-state index in [1.54, 1.807) is 22.9 Å². The van der Waals surface area contributed by atoms with Crippen LogP contribution in [0.15, 0.2) is 18.2 Å². The highest BCUT2D eigenvalue weighted by atomic mass is 16.5. The number of benzene rings is 1. The van der Waals surface area contributed by atoms with E-state index in [1.165, 1.54) is 0 Å². The predicted octanol–water partition coefficient (Wildman–Crippen LogP) is 2.24. The normalized spacial score (nSPS) is 13.7. The first kappa shape index (κ1) is 25.4. The minimum absolute atomic E-state index is 0.0390. The number of aromatic nitrogens is 4. The fourth-order valence-electron chi connectivity index (χ4n) is 4.42. The Balaban J connectivity index is 1.61. The van der Waals surface area contributed by atoms with E-state index < -0.39 is 0 Å². The highest BCUT2D eigenvalue weighted by Gasteiger charge is 2.21. The summed E-state index contributed by atoms with van der Waals surface area (Å²) in [4.78, 5) is 43.7. The fraction of sp³-hybridized carbons (Fsp3) is 0.480. The second-order valence-electron chi connectivity index (χ2n) is 8.76. The minimum atomic E-state index is -0.315. The van der Waals surface area contributed by atoms with E-state index >= 15 is 0 Å². The Hall–Kier alpha value is -3.73. The van der Waals surface area contributed by atoms with Crippen LogP contribution in [-0.2, 0) is 17.9 Å². The van der Waals surface area contributed by atoms with E-state index in [0.29, 0.717) is 60.2 Å². The molecule has 4 rings (SSSR count). The molecule has 0 bridgehead atoms. The summed E-state index contributed by atoms with van der Waals surface area (Å²) >= 11 is 0. The number of imidazole rings is 1. The van der Waals surface area contributed by atoms with E-state index in [1.807, 2.05) is 30.2 Å². The lowest BCUT2D eigenvalue weighted by molar-refractivity contribution is -0.132. The number of amides is 2. The number of nitrogens with one attached hydrogen (secondary N) is 2. The summed E-state index contributed by atoms with van der Waals surface area (Å²) in [6, 6.07) is 5.06. The Morgan fingerprint density at radius 1 is 1.19 bits per heavy atom. The number of nitrogens with zero attached hydrogens (tertiary/aromatic N) is 5. The third kappa shape index (κ3) is 5.40. The van der Waals surface area contributed by atoms with Gasteiger partial charge in [-0.05, 0) is 38.5 Å². The lowest BCUT2D eigenvalue weighted by atomic mass is 10.2. The number of rotatable bonds is 10. The molecule has 0 aliphatic carbocycles. The number of carbonyl (C=O) groups excluding carboxylic acids is 3. The largest absolute Gasteiger partial charge is 0.491 e. The van der Waals surface area contributed by atoms with Crippen molar-refractivity contribution in [3.8, 4) is 5.75 Å². The van der Waals surface area contributed by atoms with E-state index in [9.17, 15) is 14.4 Å². The Labute approximate surface area is 209 Å². The molecule has 3 heterocycles. The third-order valence-corrected chi connectivity index (χ3v) is 6.12. The van der Waals surface area contributed by atoms with Crippen molar-refractivity contribution in [3.05, 3.63) is 35.2 Å². The number of fused-ring (bicyclic) bond motifs is 1. The van der Waals surface area contributed by atoms with Crippen molar-refractivity contribution >= 4 is 35.1 Å². The topological polar surface area (TPSA) is 123 Å². The zero-order valence-electron chi connectivity index (χ0n) is 21.0. The van der Waals surface area contributed by atoms with Crippen molar-refractivity contribution in [2.24, 2.45) is 0 Å². The number of carbonyl (C=O) groups is 3. The first-order valence-corrected chi connectivity index (χ1v) is 12.4. The smallest absolute Gasteiger partial charge is 0.276 e. The molecular weight excluding hydrogens is 462 g/mol. The highest BCUT2D eigenvalue weighted by molar-refractivity contribution is 6.03. The third-order valence-electron chi connectivity index (χ3n) is 6.12. The molecule has 11 nitrogen and oxygen atoms in total. The van der Waals surface area contributed by atoms with Gasteiger partial charge in [-0.25, -0.2) is 4.98 Å². The highest BCUT2D eigenvalue weighted by Crippen LogP contribution is 2.31. The number of anilines is 1. The van der Waals surface area contributed by atoms with Gasteiger partial charge in [0, 0.05) is 44.8 Å². The molecule has 1 aromatic carbocycles. The Morgan fingerprint density at radius 3 is 2.67 bits per heavy atom. The van der Waals surface area contributed by atoms with E-state index in [0.717, 1.165) is 31.5 Å². The number of ether oxygens (including phenoxy) is 1. The first-order valence-electron chi connectivity index (χ1n) is 12.4. The van der Waals surface area contributed by atoms with Gasteiger partial charge in [-0.1, -0.05) is 6.92 Å². The number of hydrogen-bond donors (Lipinski definition) is 2. The van der Waals surface area contributed by atoms with Crippen LogP contribution in [0, 0.1) is 6.92 Å². The van der Waals surface area contributed by atoms with Crippen molar-refractivity contribution in [2.45, 2.75) is 46.7 Å². The lowest BCUT2D eigenvalue weighted by Crippen LogP contribution is -2.46. The molecule has 1 aliphatic rings. The molecule has 2 N–H and O–H groups in total. The van der Waals surface area contributed by atoms with E-state index in [4.69, 9.17) is 4.74 Å². The Morgan fingerprint density at radius 2 is 1.97 bits per heavy atom. The van der Waals surface area contributed by atoms with Gasteiger partial charge in [0.2, 0.25) is 11.9 Å². The first-order chi connectivity index (χ1) is 17.4. The Kier molecular flexibility index (Phi) is 7.99. The SMILES string of the molecule is CCCn1c(NC(=O)c2cc(C)nn2CC)nc2cc(C=O)cc(OCCC(=O)N3CCNCC3)c21. The standard InChI is InChI=1S/C25H33N7O4/c1-4-9-31-23-19(27-25(31)28-24(35)20-13-17(3)29-32(20)5-2)14-18(16-33)15-21(23)36-12-6-22(34)30-10-7-26-8-11-30/h13-16,26H,4-12H2,1-3H3,(H,27,28,35). The number of piperazine rings is 1. The summed E-state index contributed by atoms with van der Waals surface area (Å²) in [7, 11) is 0. The van der Waals surface area contributed by atoms with Gasteiger partial charge in [0.05, 0.1) is 24.2 Å². The Bertz CT molecular complexity index is 1260. The average Bonchev–Trinajstić information content (AvgIpc) is 3.44. The molecule has 0 unspecified atom stereocenters. The van der Waals surface area contributed by atoms with E-state index in [-0.39, 0.29) is 24.8 Å². The summed E-state index contributed by atoms with van der Waals surface area (Å²) < 4.78 is 9.57. The van der Waals surface area contributed by atoms with Crippen LogP contribution in [0.4, 0.5) is 5.95 Å². The maximum absolute atomic E-state index is 13.1. The fourth-order valence-corrected chi connectivity index (χ4v) is 4.42.